The first-order chi connectivity index (χ1) is 23.0. The molecule has 2 aliphatic heterocycles. The summed E-state index contributed by atoms with van der Waals surface area (Å²) in [7, 11) is -2.18. The summed E-state index contributed by atoms with van der Waals surface area (Å²) in [6.45, 7) is 6.77. The lowest BCUT2D eigenvalue weighted by Gasteiger charge is -2.40. The molecule has 0 radical (unpaired) electrons. The number of nitrogens with zero attached hydrogens (tertiary/aromatic N) is 6. The molecule has 0 saturated carbocycles. The molecule has 0 bridgehead atoms. The molecular weight excluding hydrogens is 671 g/mol. The van der Waals surface area contributed by atoms with Gasteiger partial charge in [-0.15, -0.1) is 0 Å². The van der Waals surface area contributed by atoms with Crippen LogP contribution in [-0.2, 0) is 20.8 Å². The lowest BCUT2D eigenvalue weighted by molar-refractivity contribution is -0.137. The fraction of sp³-hybridized carbons (Fsp3) is 0.333. The number of para-hydroxylation sites is 1. The minimum atomic E-state index is -5.03. The van der Waals surface area contributed by atoms with Gasteiger partial charge in [0, 0.05) is 56.5 Å². The largest absolute Gasteiger partial charge is 0.417 e. The van der Waals surface area contributed by atoms with E-state index in [-0.39, 0.29) is 58.9 Å². The molecule has 1 atom stereocenters. The highest BCUT2D eigenvalue weighted by atomic mass is 32.2. The minimum Gasteiger partial charge on any atom is -0.350 e. The van der Waals surface area contributed by atoms with Gasteiger partial charge in [-0.25, -0.2) is 31.5 Å². The average Bonchev–Trinajstić information content (AvgIpc) is 3.01. The summed E-state index contributed by atoms with van der Waals surface area (Å²) in [5.41, 5.74) is -4.25. The van der Waals surface area contributed by atoms with E-state index in [1.807, 2.05) is 11.9 Å². The maximum Gasteiger partial charge on any atom is 0.417 e. The SMILES string of the molecule is C=CC(=O)N1CCN(c2nc(=O)n(-c3c(C4CN(C)C4)cccc3S(C)(=O)=O)c3nc(-c4cc(F)ccc4C(F)(F)F)c(F)cc23)[C@@H](C)C1. The summed E-state index contributed by atoms with van der Waals surface area (Å²) in [6, 6.07) is 6.41. The van der Waals surface area contributed by atoms with Crippen LogP contribution in [0.15, 0.2) is 64.8 Å². The molecule has 2 fully saturated rings. The first kappa shape index (κ1) is 34.2. The Morgan fingerprint density at radius 1 is 1.04 bits per heavy atom. The lowest BCUT2D eigenvalue weighted by atomic mass is 9.90. The molecule has 4 aromatic rings. The van der Waals surface area contributed by atoms with Crippen LogP contribution in [0.25, 0.3) is 28.0 Å². The monoisotopic (exact) mass is 702 g/mol. The van der Waals surface area contributed by atoms with E-state index in [1.165, 1.54) is 17.0 Å². The molecule has 6 rings (SSSR count). The Morgan fingerprint density at radius 2 is 1.76 bits per heavy atom. The van der Waals surface area contributed by atoms with Gasteiger partial charge in [-0.1, -0.05) is 18.7 Å². The third-order valence-corrected chi connectivity index (χ3v) is 10.0. The van der Waals surface area contributed by atoms with Crippen LogP contribution in [-0.4, -0.2) is 90.7 Å². The molecule has 2 aliphatic rings. The van der Waals surface area contributed by atoms with Crippen LogP contribution < -0.4 is 10.6 Å². The van der Waals surface area contributed by atoms with E-state index in [0.717, 1.165) is 23.0 Å². The number of pyridine rings is 1. The quantitative estimate of drug-likeness (QED) is 0.215. The highest BCUT2D eigenvalue weighted by molar-refractivity contribution is 7.90. The highest BCUT2D eigenvalue weighted by Gasteiger charge is 2.37. The molecule has 10 nitrogen and oxygen atoms in total. The Bertz CT molecular complexity index is 2180. The van der Waals surface area contributed by atoms with E-state index in [0.29, 0.717) is 36.9 Å². The van der Waals surface area contributed by atoms with Crippen molar-refractivity contribution < 1.29 is 35.2 Å². The van der Waals surface area contributed by atoms with E-state index < -0.39 is 56.2 Å². The number of carbonyl (C=O) groups excluding carboxylic acids is 1. The molecule has 2 aromatic heterocycles. The number of piperazine rings is 1. The predicted octanol–water partition coefficient (Wildman–Crippen LogP) is 4.40. The Hall–Kier alpha value is -4.70. The third kappa shape index (κ3) is 6.18. The Morgan fingerprint density at radius 3 is 2.37 bits per heavy atom. The number of likely N-dealkylation sites (tertiary alicyclic amines) is 1. The van der Waals surface area contributed by atoms with E-state index in [4.69, 9.17) is 0 Å². The van der Waals surface area contributed by atoms with Gasteiger partial charge in [-0.05, 0) is 55.9 Å². The number of sulfone groups is 1. The summed E-state index contributed by atoms with van der Waals surface area (Å²) < 4.78 is 100. The van der Waals surface area contributed by atoms with Gasteiger partial charge in [0.2, 0.25) is 5.91 Å². The van der Waals surface area contributed by atoms with Gasteiger partial charge < -0.3 is 14.7 Å². The van der Waals surface area contributed by atoms with Crippen LogP contribution in [0.5, 0.6) is 0 Å². The zero-order chi connectivity index (χ0) is 35.6. The molecule has 0 unspecified atom stereocenters. The number of hydrogen-bond donors (Lipinski definition) is 0. The average molecular weight is 703 g/mol. The first-order valence-electron chi connectivity index (χ1n) is 15.2. The number of anilines is 1. The summed E-state index contributed by atoms with van der Waals surface area (Å²) in [5, 5.41) is -0.110. The van der Waals surface area contributed by atoms with E-state index in [9.17, 15) is 35.6 Å². The van der Waals surface area contributed by atoms with Crippen LogP contribution in [0.2, 0.25) is 0 Å². The number of amides is 1. The highest BCUT2D eigenvalue weighted by Crippen LogP contribution is 2.40. The van der Waals surface area contributed by atoms with Gasteiger partial charge >= 0.3 is 11.9 Å². The van der Waals surface area contributed by atoms with Gasteiger partial charge in [0.25, 0.3) is 0 Å². The number of halogens is 5. The van der Waals surface area contributed by atoms with Crippen molar-refractivity contribution in [3.8, 4) is 16.9 Å². The van der Waals surface area contributed by atoms with Crippen LogP contribution in [0.3, 0.4) is 0 Å². The summed E-state index contributed by atoms with van der Waals surface area (Å²) in [4.78, 5) is 40.0. The molecule has 0 aliphatic carbocycles. The number of benzene rings is 2. The van der Waals surface area contributed by atoms with Gasteiger partial charge in [0.05, 0.1) is 21.5 Å². The molecular formula is C33H31F5N6O4S. The first-order valence-corrected chi connectivity index (χ1v) is 17.1. The number of likely N-dealkylation sites (N-methyl/N-ethyl adjacent to an activating group) is 1. The van der Waals surface area contributed by atoms with Crippen molar-refractivity contribution in [3.05, 3.63) is 88.4 Å². The number of alkyl halides is 3. The van der Waals surface area contributed by atoms with Gasteiger partial charge in [0.1, 0.15) is 23.1 Å². The van der Waals surface area contributed by atoms with Crippen molar-refractivity contribution in [2.45, 2.75) is 30.0 Å². The zero-order valence-electron chi connectivity index (χ0n) is 26.6. The standard InChI is InChI=1S/C33H31F5N6O4S/c1-5-27(45)42-11-12-43(18(2)15-42)30-23-14-25(35)28(22-13-20(34)9-10-24(22)33(36,37)38)39-31(23)44(32(46)40-30)29-21(19-16-41(3)17-19)7-6-8-26(29)49(4,47)48/h5-10,13-14,18-19H,1,11-12,15-17H2,2-4H3/t18-/m0/s1. The Balaban J connectivity index is 1.70. The zero-order valence-corrected chi connectivity index (χ0v) is 27.4. The van der Waals surface area contributed by atoms with Crippen LogP contribution in [0.4, 0.5) is 27.8 Å². The molecule has 49 heavy (non-hydrogen) atoms. The molecule has 4 heterocycles. The normalized spacial score (nSPS) is 17.8. The van der Waals surface area contributed by atoms with Gasteiger partial charge in [-0.2, -0.15) is 18.2 Å². The maximum absolute atomic E-state index is 16.1. The van der Waals surface area contributed by atoms with Crippen molar-refractivity contribution in [2.75, 3.05) is 50.9 Å². The lowest BCUT2D eigenvalue weighted by Crippen LogP contribution is -2.54. The predicted molar refractivity (Wildman–Crippen MR) is 172 cm³/mol. The summed E-state index contributed by atoms with van der Waals surface area (Å²) in [5.74, 6) is -2.97. The molecule has 0 N–H and O–H groups in total. The maximum atomic E-state index is 16.1. The van der Waals surface area contributed by atoms with Crippen molar-refractivity contribution in [3.63, 3.8) is 0 Å². The summed E-state index contributed by atoms with van der Waals surface area (Å²) >= 11 is 0. The molecule has 2 saturated heterocycles. The molecule has 2 aromatic carbocycles. The fourth-order valence-corrected chi connectivity index (χ4v) is 7.47. The number of carbonyl (C=O) groups is 1. The number of fused-ring (bicyclic) bond motifs is 1. The van der Waals surface area contributed by atoms with E-state index >= 15 is 4.39 Å². The van der Waals surface area contributed by atoms with E-state index in [1.54, 1.807) is 17.9 Å². The molecule has 258 valence electrons. The number of rotatable bonds is 6. The summed E-state index contributed by atoms with van der Waals surface area (Å²) in [6.07, 6.45) is -2.92. The van der Waals surface area contributed by atoms with Crippen LogP contribution >= 0.6 is 0 Å². The smallest absolute Gasteiger partial charge is 0.350 e. The third-order valence-electron chi connectivity index (χ3n) is 8.89. The number of hydrogen-bond acceptors (Lipinski definition) is 8. The number of aromatic nitrogens is 3. The van der Waals surface area contributed by atoms with Crippen molar-refractivity contribution in [2.24, 2.45) is 0 Å². The molecule has 1 amide bonds. The van der Waals surface area contributed by atoms with E-state index in [2.05, 4.69) is 16.5 Å². The van der Waals surface area contributed by atoms with Crippen molar-refractivity contribution in [1.29, 1.82) is 0 Å². The Kier molecular flexibility index (Phi) is 8.59. The van der Waals surface area contributed by atoms with Crippen molar-refractivity contribution >= 4 is 32.6 Å². The molecule has 0 spiro atoms. The topological polar surface area (TPSA) is 109 Å². The van der Waals surface area contributed by atoms with Gasteiger partial charge in [0.15, 0.2) is 15.5 Å². The minimum absolute atomic E-state index is 0.0653. The second kappa shape index (κ2) is 12.3. The van der Waals surface area contributed by atoms with Crippen molar-refractivity contribution in [1.82, 2.24) is 24.3 Å². The Labute approximate surface area is 278 Å². The molecule has 16 heteroatoms. The fourth-order valence-electron chi connectivity index (χ4n) is 6.58. The second-order valence-corrected chi connectivity index (χ2v) is 14.3. The van der Waals surface area contributed by atoms with Gasteiger partial charge in [-0.3, -0.25) is 4.79 Å². The second-order valence-electron chi connectivity index (χ2n) is 12.3. The van der Waals surface area contributed by atoms with Crippen LogP contribution in [0, 0.1) is 11.6 Å². The van der Waals surface area contributed by atoms with Crippen LogP contribution in [0.1, 0.15) is 24.0 Å².